The molecule has 2 aliphatic carbocycles. The average Bonchev–Trinajstić information content (AvgIpc) is 3.61. The number of imide groups is 1. The predicted octanol–water partition coefficient (Wildman–Crippen LogP) is 2.30. The molecule has 3 atom stereocenters. The highest BCUT2D eigenvalue weighted by Gasteiger charge is 2.65. The summed E-state index contributed by atoms with van der Waals surface area (Å²) in [6.07, 6.45) is 2.42. The first-order valence-electron chi connectivity index (χ1n) is 13.7. The minimum absolute atomic E-state index is 0.0170. The fourth-order valence-corrected chi connectivity index (χ4v) is 9.50. The van der Waals surface area contributed by atoms with Crippen LogP contribution in [0, 0.1) is 16.7 Å². The van der Waals surface area contributed by atoms with E-state index in [1.807, 2.05) is 13.8 Å². The molecule has 6 rings (SSSR count). The fourth-order valence-electron chi connectivity index (χ4n) is 7.00. The molecule has 2 N–H and O–H groups in total. The van der Waals surface area contributed by atoms with E-state index in [0.29, 0.717) is 40.4 Å². The number of hydrogen-bond donors (Lipinski definition) is 2. The molecule has 3 amide bonds. The minimum atomic E-state index is -3.71. The van der Waals surface area contributed by atoms with E-state index in [-0.39, 0.29) is 67.2 Å². The van der Waals surface area contributed by atoms with Crippen LogP contribution >= 0.6 is 11.3 Å². The SMILES string of the molecule is CC1(C)C2CCC1(CS(=O)(=O)NCc1csc(COc3cccc4c3CN(C3CCC(=O)NC3=O)C4=O)n1)C(=O)C2. The molecular formula is C28H32N4O7S2. The quantitative estimate of drug-likeness (QED) is 0.416. The lowest BCUT2D eigenvalue weighted by atomic mass is 9.70. The number of piperidine rings is 1. The van der Waals surface area contributed by atoms with Crippen LogP contribution in [0.5, 0.6) is 5.75 Å². The number of ketones is 1. The second kappa shape index (κ2) is 9.99. The third-order valence-corrected chi connectivity index (χ3v) is 11.9. The van der Waals surface area contributed by atoms with Gasteiger partial charge in [-0.3, -0.25) is 24.5 Å². The molecular weight excluding hydrogens is 568 g/mol. The molecule has 2 saturated carbocycles. The van der Waals surface area contributed by atoms with Gasteiger partial charge in [-0.1, -0.05) is 19.9 Å². The number of nitrogens with zero attached hydrogens (tertiary/aromatic N) is 2. The van der Waals surface area contributed by atoms with Gasteiger partial charge in [0.1, 0.15) is 29.2 Å². The van der Waals surface area contributed by atoms with E-state index in [9.17, 15) is 27.6 Å². The van der Waals surface area contributed by atoms with Gasteiger partial charge in [-0.15, -0.1) is 11.3 Å². The Balaban J connectivity index is 1.07. The number of rotatable bonds is 9. The molecule has 218 valence electrons. The first-order valence-corrected chi connectivity index (χ1v) is 16.3. The summed E-state index contributed by atoms with van der Waals surface area (Å²) >= 11 is 1.33. The molecule has 3 fully saturated rings. The number of hydrogen-bond acceptors (Lipinski definition) is 9. The van der Waals surface area contributed by atoms with E-state index >= 15 is 0 Å². The molecule has 2 bridgehead atoms. The smallest absolute Gasteiger partial charge is 0.255 e. The van der Waals surface area contributed by atoms with Crippen molar-refractivity contribution in [3.63, 3.8) is 0 Å². The van der Waals surface area contributed by atoms with Gasteiger partial charge >= 0.3 is 0 Å². The molecule has 1 aromatic carbocycles. The van der Waals surface area contributed by atoms with Crippen LogP contribution in [0.3, 0.4) is 0 Å². The number of carbonyl (C=O) groups is 4. The summed E-state index contributed by atoms with van der Waals surface area (Å²) in [6, 6.07) is 4.44. The maximum absolute atomic E-state index is 13.0. The second-order valence-electron chi connectivity index (χ2n) is 12.0. The van der Waals surface area contributed by atoms with Gasteiger partial charge in [0.25, 0.3) is 5.91 Å². The zero-order valence-electron chi connectivity index (χ0n) is 22.9. The van der Waals surface area contributed by atoms with Gasteiger partial charge in [-0.2, -0.15) is 0 Å². The largest absolute Gasteiger partial charge is 0.486 e. The van der Waals surface area contributed by atoms with Crippen LogP contribution in [0.15, 0.2) is 23.6 Å². The summed E-state index contributed by atoms with van der Waals surface area (Å²) in [6.45, 7) is 4.37. The number of ether oxygens (including phenoxy) is 1. The number of benzene rings is 1. The minimum Gasteiger partial charge on any atom is -0.486 e. The number of nitrogens with one attached hydrogen (secondary N) is 2. The molecule has 4 aliphatic rings. The Kier molecular flexibility index (Phi) is 6.82. The highest BCUT2D eigenvalue weighted by Crippen LogP contribution is 2.64. The van der Waals surface area contributed by atoms with E-state index < -0.39 is 27.4 Å². The molecule has 41 heavy (non-hydrogen) atoms. The zero-order valence-corrected chi connectivity index (χ0v) is 24.5. The van der Waals surface area contributed by atoms with Gasteiger partial charge < -0.3 is 9.64 Å². The number of aromatic nitrogens is 1. The van der Waals surface area contributed by atoms with Gasteiger partial charge in [0.15, 0.2) is 0 Å². The van der Waals surface area contributed by atoms with Gasteiger partial charge in [0.05, 0.1) is 24.5 Å². The summed E-state index contributed by atoms with van der Waals surface area (Å²) in [4.78, 5) is 55.6. The van der Waals surface area contributed by atoms with E-state index in [1.54, 1.807) is 23.6 Å². The van der Waals surface area contributed by atoms with Crippen molar-refractivity contribution < 1.29 is 32.3 Å². The highest BCUT2D eigenvalue weighted by atomic mass is 32.2. The summed E-state index contributed by atoms with van der Waals surface area (Å²) in [5.74, 6) is -0.477. The van der Waals surface area contributed by atoms with Crippen molar-refractivity contribution in [2.45, 2.75) is 71.7 Å². The number of fused-ring (bicyclic) bond motifs is 3. The van der Waals surface area contributed by atoms with Crippen molar-refractivity contribution in [3.8, 4) is 5.75 Å². The van der Waals surface area contributed by atoms with Gasteiger partial charge in [-0.05, 0) is 42.7 Å². The number of thiazole rings is 1. The molecule has 1 aromatic heterocycles. The van der Waals surface area contributed by atoms with Crippen LogP contribution in [0.2, 0.25) is 0 Å². The standard InChI is InChI=1S/C28H32N4O7S2/c1-27(2)16-8-9-28(27,22(33)10-16)15-41(37,38)29-11-17-14-40-24(30-17)13-39-21-5-3-4-18-19(21)12-32(26(18)36)20-6-7-23(34)31-25(20)35/h3-5,14,16,20,29H,6-13,15H2,1-2H3,(H,31,34,35). The third-order valence-electron chi connectivity index (χ3n) is 9.54. The zero-order chi connectivity index (χ0) is 29.2. The Morgan fingerprint density at radius 1 is 1.20 bits per heavy atom. The fraction of sp³-hybridized carbons (Fsp3) is 0.536. The lowest BCUT2D eigenvalue weighted by Crippen LogP contribution is -2.52. The molecule has 11 nitrogen and oxygen atoms in total. The molecule has 3 unspecified atom stereocenters. The topological polar surface area (TPSA) is 152 Å². The summed E-state index contributed by atoms with van der Waals surface area (Å²) in [5, 5.41) is 4.69. The Labute approximate surface area is 242 Å². The first kappa shape index (κ1) is 28.0. The van der Waals surface area contributed by atoms with E-state index in [2.05, 4.69) is 15.0 Å². The molecule has 2 aromatic rings. The van der Waals surface area contributed by atoms with Gasteiger partial charge in [-0.25, -0.2) is 18.1 Å². The van der Waals surface area contributed by atoms with E-state index in [0.717, 1.165) is 6.42 Å². The van der Waals surface area contributed by atoms with E-state index in [1.165, 1.54) is 16.2 Å². The van der Waals surface area contributed by atoms with Crippen LogP contribution in [0.4, 0.5) is 0 Å². The Hall–Kier alpha value is -3.16. The molecule has 3 heterocycles. The number of carbonyl (C=O) groups excluding carboxylic acids is 4. The van der Waals surface area contributed by atoms with Gasteiger partial charge in [0, 0.05) is 34.8 Å². The van der Waals surface area contributed by atoms with Crippen molar-refractivity contribution >= 4 is 44.9 Å². The lowest BCUT2D eigenvalue weighted by molar-refractivity contribution is -0.137. The first-order chi connectivity index (χ1) is 19.4. The normalized spacial score (nSPS) is 26.9. The van der Waals surface area contributed by atoms with Crippen molar-refractivity contribution in [2.24, 2.45) is 16.7 Å². The Morgan fingerprint density at radius 2 is 2.00 bits per heavy atom. The van der Waals surface area contributed by atoms with Crippen molar-refractivity contribution in [3.05, 3.63) is 45.4 Å². The molecule has 1 saturated heterocycles. The number of sulfonamides is 1. The van der Waals surface area contributed by atoms with Crippen LogP contribution in [-0.4, -0.2) is 53.6 Å². The number of amides is 3. The second-order valence-corrected chi connectivity index (χ2v) is 14.7. The summed E-state index contributed by atoms with van der Waals surface area (Å²) < 4.78 is 34.7. The van der Waals surface area contributed by atoms with Crippen molar-refractivity contribution in [1.82, 2.24) is 19.9 Å². The maximum atomic E-state index is 13.0. The Morgan fingerprint density at radius 3 is 2.71 bits per heavy atom. The molecule has 2 aliphatic heterocycles. The average molecular weight is 601 g/mol. The van der Waals surface area contributed by atoms with Crippen LogP contribution < -0.4 is 14.8 Å². The van der Waals surface area contributed by atoms with Crippen LogP contribution in [0.25, 0.3) is 0 Å². The molecule has 0 radical (unpaired) electrons. The Bertz CT molecular complexity index is 1570. The summed E-state index contributed by atoms with van der Waals surface area (Å²) in [5.41, 5.74) is 0.525. The highest BCUT2D eigenvalue weighted by molar-refractivity contribution is 7.89. The third kappa shape index (κ3) is 4.77. The van der Waals surface area contributed by atoms with E-state index in [4.69, 9.17) is 4.74 Å². The van der Waals surface area contributed by atoms with Crippen LogP contribution in [0.1, 0.15) is 72.6 Å². The van der Waals surface area contributed by atoms with Gasteiger partial charge in [0.2, 0.25) is 21.8 Å². The molecule has 0 spiro atoms. The van der Waals surface area contributed by atoms with Crippen molar-refractivity contribution in [1.29, 1.82) is 0 Å². The maximum Gasteiger partial charge on any atom is 0.255 e. The monoisotopic (exact) mass is 600 g/mol. The molecule has 13 heteroatoms. The predicted molar refractivity (Wildman–Crippen MR) is 148 cm³/mol. The summed E-state index contributed by atoms with van der Waals surface area (Å²) in [7, 11) is -3.71. The number of Topliss-reactive ketones (excluding diaryl/α,β-unsaturated/α-hetero) is 1. The van der Waals surface area contributed by atoms with Crippen molar-refractivity contribution in [2.75, 3.05) is 5.75 Å². The lowest BCUT2D eigenvalue weighted by Gasteiger charge is -2.36. The van der Waals surface area contributed by atoms with Crippen LogP contribution in [-0.2, 0) is 44.1 Å².